The van der Waals surface area contributed by atoms with Crippen molar-refractivity contribution < 1.29 is 0 Å². The molecular weight excluding hydrogens is 264 g/mol. The van der Waals surface area contributed by atoms with Gasteiger partial charge in [0.25, 0.3) is 0 Å². The molecule has 1 heterocycles. The lowest BCUT2D eigenvalue weighted by atomic mass is 9.96. The summed E-state index contributed by atoms with van der Waals surface area (Å²) in [5.74, 6) is 0. The van der Waals surface area contributed by atoms with E-state index in [9.17, 15) is 0 Å². The van der Waals surface area contributed by atoms with Crippen LogP contribution in [0.3, 0.4) is 0 Å². The van der Waals surface area contributed by atoms with Gasteiger partial charge >= 0.3 is 0 Å². The van der Waals surface area contributed by atoms with E-state index in [-0.39, 0.29) is 11.6 Å². The maximum atomic E-state index is 6.17. The zero-order valence-electron chi connectivity index (χ0n) is 10.1. The van der Waals surface area contributed by atoms with Gasteiger partial charge in [-0.2, -0.15) is 0 Å². The Hall–Kier alpha value is -0.540. The van der Waals surface area contributed by atoms with Gasteiger partial charge in [-0.05, 0) is 51.0 Å². The molecule has 1 fully saturated rings. The monoisotopic (exact) mass is 282 g/mol. The normalized spacial score (nSPS) is 23.8. The molecular formula is C13H19BrN2. The maximum Gasteiger partial charge on any atom is 0.0497 e. The number of hydrogen-bond acceptors (Lipinski definition) is 2. The van der Waals surface area contributed by atoms with Crippen molar-refractivity contribution in [3.63, 3.8) is 0 Å². The molecule has 2 N–H and O–H groups in total. The standard InChI is InChI=1S/C13H19BrN2/c1-9-8-10(14)4-5-11(9)16-7-6-12(15)13(16,2)3/h4-5,8,12H,6-7,15H2,1-3H3. The molecule has 1 aromatic rings. The molecule has 0 spiro atoms. The molecule has 0 bridgehead atoms. The minimum absolute atomic E-state index is 0.0542. The Balaban J connectivity index is 2.38. The molecule has 0 amide bonds. The first-order valence-corrected chi connectivity index (χ1v) is 6.51. The number of nitrogens with zero attached hydrogens (tertiary/aromatic N) is 1. The molecule has 1 saturated heterocycles. The predicted molar refractivity (Wildman–Crippen MR) is 72.9 cm³/mol. The fourth-order valence-corrected chi connectivity index (χ4v) is 2.94. The first kappa shape index (κ1) is 11.9. The van der Waals surface area contributed by atoms with Crippen LogP contribution in [0.1, 0.15) is 25.8 Å². The van der Waals surface area contributed by atoms with Gasteiger partial charge in [-0.3, -0.25) is 0 Å². The molecule has 0 saturated carbocycles. The Labute approximate surface area is 106 Å². The molecule has 1 unspecified atom stereocenters. The number of nitrogens with two attached hydrogens (primary N) is 1. The highest BCUT2D eigenvalue weighted by Crippen LogP contribution is 2.35. The summed E-state index contributed by atoms with van der Waals surface area (Å²) in [6.45, 7) is 7.66. The van der Waals surface area contributed by atoms with Gasteiger partial charge in [-0.15, -0.1) is 0 Å². The number of rotatable bonds is 1. The number of benzene rings is 1. The van der Waals surface area contributed by atoms with Crippen LogP contribution in [0, 0.1) is 6.92 Å². The second kappa shape index (κ2) is 4.04. The van der Waals surface area contributed by atoms with E-state index in [4.69, 9.17) is 5.73 Å². The van der Waals surface area contributed by atoms with Gasteiger partial charge in [0.05, 0.1) is 0 Å². The third-order valence-electron chi connectivity index (χ3n) is 3.72. The van der Waals surface area contributed by atoms with Gasteiger partial charge in [-0.1, -0.05) is 15.9 Å². The minimum atomic E-state index is 0.0542. The van der Waals surface area contributed by atoms with Crippen molar-refractivity contribution in [2.24, 2.45) is 5.73 Å². The van der Waals surface area contributed by atoms with Gasteiger partial charge in [0.1, 0.15) is 0 Å². The fraction of sp³-hybridized carbons (Fsp3) is 0.538. The van der Waals surface area contributed by atoms with Gasteiger partial charge in [0, 0.05) is 28.3 Å². The average Bonchev–Trinajstić information content (AvgIpc) is 2.44. The Morgan fingerprint density at radius 1 is 1.44 bits per heavy atom. The molecule has 2 nitrogen and oxygen atoms in total. The number of halogens is 1. The van der Waals surface area contributed by atoms with Crippen LogP contribution in [0.15, 0.2) is 22.7 Å². The van der Waals surface area contributed by atoms with Crippen LogP contribution in [0.5, 0.6) is 0 Å². The molecule has 3 heteroatoms. The van der Waals surface area contributed by atoms with Crippen molar-refractivity contribution in [1.29, 1.82) is 0 Å². The fourth-order valence-electron chi connectivity index (χ4n) is 2.46. The molecule has 0 radical (unpaired) electrons. The average molecular weight is 283 g/mol. The topological polar surface area (TPSA) is 29.3 Å². The molecule has 1 atom stereocenters. The summed E-state index contributed by atoms with van der Waals surface area (Å²) >= 11 is 3.50. The van der Waals surface area contributed by atoms with E-state index in [2.05, 4.69) is 59.8 Å². The van der Waals surface area contributed by atoms with Crippen LogP contribution < -0.4 is 10.6 Å². The van der Waals surface area contributed by atoms with Crippen molar-refractivity contribution in [3.05, 3.63) is 28.2 Å². The van der Waals surface area contributed by atoms with Gasteiger partial charge < -0.3 is 10.6 Å². The second-order valence-electron chi connectivity index (χ2n) is 5.13. The number of anilines is 1. The van der Waals surface area contributed by atoms with Crippen molar-refractivity contribution in [3.8, 4) is 0 Å². The zero-order valence-corrected chi connectivity index (χ0v) is 11.7. The van der Waals surface area contributed by atoms with E-state index in [1.807, 2.05) is 0 Å². The number of hydrogen-bond donors (Lipinski definition) is 1. The quantitative estimate of drug-likeness (QED) is 0.858. The third-order valence-corrected chi connectivity index (χ3v) is 4.21. The largest absolute Gasteiger partial charge is 0.365 e. The lowest BCUT2D eigenvalue weighted by Crippen LogP contribution is -2.49. The van der Waals surface area contributed by atoms with Gasteiger partial charge in [0.2, 0.25) is 0 Å². The van der Waals surface area contributed by atoms with E-state index in [1.54, 1.807) is 0 Å². The number of aryl methyl sites for hydroxylation is 1. The highest BCUT2D eigenvalue weighted by molar-refractivity contribution is 9.10. The van der Waals surface area contributed by atoms with E-state index < -0.39 is 0 Å². The summed E-state index contributed by atoms with van der Waals surface area (Å²) in [6.07, 6.45) is 1.07. The van der Waals surface area contributed by atoms with Gasteiger partial charge in [0.15, 0.2) is 0 Å². The Kier molecular flexibility index (Phi) is 3.01. The summed E-state index contributed by atoms with van der Waals surface area (Å²) < 4.78 is 1.13. The van der Waals surface area contributed by atoms with Crippen molar-refractivity contribution in [2.45, 2.75) is 38.8 Å². The van der Waals surface area contributed by atoms with Crippen LogP contribution in [0.25, 0.3) is 0 Å². The first-order chi connectivity index (χ1) is 7.43. The van der Waals surface area contributed by atoms with Crippen LogP contribution in [0.2, 0.25) is 0 Å². The smallest absolute Gasteiger partial charge is 0.0497 e. The highest BCUT2D eigenvalue weighted by Gasteiger charge is 2.39. The predicted octanol–water partition coefficient (Wildman–Crippen LogP) is 3.07. The van der Waals surface area contributed by atoms with Crippen LogP contribution in [-0.2, 0) is 0 Å². The minimum Gasteiger partial charge on any atom is -0.365 e. The SMILES string of the molecule is Cc1cc(Br)ccc1N1CCC(N)C1(C)C. The molecule has 0 aliphatic carbocycles. The van der Waals surface area contributed by atoms with Crippen LogP contribution >= 0.6 is 15.9 Å². The van der Waals surface area contributed by atoms with Crippen LogP contribution in [-0.4, -0.2) is 18.1 Å². The Bertz CT molecular complexity index is 401. The lowest BCUT2D eigenvalue weighted by molar-refractivity contribution is 0.453. The Morgan fingerprint density at radius 3 is 2.62 bits per heavy atom. The van der Waals surface area contributed by atoms with E-state index in [0.29, 0.717) is 0 Å². The third kappa shape index (κ3) is 1.87. The summed E-state index contributed by atoms with van der Waals surface area (Å²) in [4.78, 5) is 2.43. The molecule has 16 heavy (non-hydrogen) atoms. The molecule has 1 aliphatic rings. The van der Waals surface area contributed by atoms with Gasteiger partial charge in [-0.25, -0.2) is 0 Å². The van der Waals surface area contributed by atoms with Crippen molar-refractivity contribution >= 4 is 21.6 Å². The van der Waals surface area contributed by atoms with Crippen molar-refractivity contribution in [1.82, 2.24) is 0 Å². The molecule has 1 aromatic carbocycles. The molecule has 0 aromatic heterocycles. The van der Waals surface area contributed by atoms with Crippen LogP contribution in [0.4, 0.5) is 5.69 Å². The highest BCUT2D eigenvalue weighted by atomic mass is 79.9. The lowest BCUT2D eigenvalue weighted by Gasteiger charge is -2.37. The summed E-state index contributed by atoms with van der Waals surface area (Å²) in [5.41, 5.74) is 8.83. The molecule has 2 rings (SSSR count). The Morgan fingerprint density at radius 2 is 2.12 bits per heavy atom. The molecule has 1 aliphatic heterocycles. The van der Waals surface area contributed by atoms with Crippen molar-refractivity contribution in [2.75, 3.05) is 11.4 Å². The van der Waals surface area contributed by atoms with E-state index in [1.165, 1.54) is 11.3 Å². The summed E-state index contributed by atoms with van der Waals surface area (Å²) in [7, 11) is 0. The summed E-state index contributed by atoms with van der Waals surface area (Å²) in [6, 6.07) is 6.70. The van der Waals surface area contributed by atoms with E-state index >= 15 is 0 Å². The molecule has 88 valence electrons. The second-order valence-corrected chi connectivity index (χ2v) is 6.05. The van der Waals surface area contributed by atoms with E-state index in [0.717, 1.165) is 17.4 Å². The maximum absolute atomic E-state index is 6.17. The zero-order chi connectivity index (χ0) is 11.9. The first-order valence-electron chi connectivity index (χ1n) is 5.72. The summed E-state index contributed by atoms with van der Waals surface area (Å²) in [5, 5.41) is 0.